The minimum Gasteiger partial charge on any atom is -0.486 e. The fraction of sp³-hybridized carbons (Fsp3) is 0.190. The van der Waals surface area contributed by atoms with Gasteiger partial charge in [-0.1, -0.05) is 18.2 Å². The molecule has 2 aromatic carbocycles. The van der Waals surface area contributed by atoms with Crippen LogP contribution >= 0.6 is 11.9 Å². The average Bonchev–Trinajstić information content (AvgIpc) is 3.20. The number of ether oxygens (including phenoxy) is 2. The molecule has 3 aromatic rings. The molecule has 0 atom stereocenters. The van der Waals surface area contributed by atoms with E-state index in [9.17, 15) is 4.79 Å². The summed E-state index contributed by atoms with van der Waals surface area (Å²) < 4.78 is 18.0. The third kappa shape index (κ3) is 5.08. The van der Waals surface area contributed by atoms with Crippen LogP contribution in [0.3, 0.4) is 0 Å². The second-order valence-corrected chi connectivity index (χ2v) is 6.73. The van der Waals surface area contributed by atoms with E-state index in [0.717, 1.165) is 18.0 Å². The van der Waals surface area contributed by atoms with Crippen molar-refractivity contribution in [3.05, 3.63) is 78.3 Å². The lowest BCUT2D eigenvalue weighted by Crippen LogP contribution is -2.12. The summed E-state index contributed by atoms with van der Waals surface area (Å²) in [7, 11) is 1.32. The zero-order valence-electron chi connectivity index (χ0n) is 15.3. The quantitative estimate of drug-likeness (QED) is 0.395. The summed E-state index contributed by atoms with van der Waals surface area (Å²) in [4.78, 5) is 12.6. The maximum atomic E-state index is 11.4. The van der Waals surface area contributed by atoms with Crippen LogP contribution in [0.15, 0.2) is 76.0 Å². The first-order valence-electron chi connectivity index (χ1n) is 8.60. The number of furan rings is 1. The highest BCUT2D eigenvalue weighted by atomic mass is 32.2. The van der Waals surface area contributed by atoms with Gasteiger partial charge in [0.15, 0.2) is 0 Å². The third-order valence-electron chi connectivity index (χ3n) is 3.80. The van der Waals surface area contributed by atoms with Gasteiger partial charge in [0.05, 0.1) is 7.11 Å². The first kappa shape index (κ1) is 18.9. The van der Waals surface area contributed by atoms with Crippen LogP contribution in [-0.4, -0.2) is 19.6 Å². The summed E-state index contributed by atoms with van der Waals surface area (Å²) in [5.74, 6) is 0.967. The molecule has 1 aromatic heterocycles. The SMILES string of the molecule is CCN(Sc1ccccc1)c1ccc(OCc2ccc(C(=O)OC)o2)cc1. The minimum atomic E-state index is -0.499. The summed E-state index contributed by atoms with van der Waals surface area (Å²) in [6, 6.07) is 21.5. The van der Waals surface area contributed by atoms with Crippen LogP contribution < -0.4 is 9.04 Å². The van der Waals surface area contributed by atoms with Crippen LogP contribution in [0, 0.1) is 0 Å². The molecule has 0 amide bonds. The summed E-state index contributed by atoms with van der Waals surface area (Å²) in [5, 5.41) is 0. The van der Waals surface area contributed by atoms with E-state index < -0.39 is 5.97 Å². The summed E-state index contributed by atoms with van der Waals surface area (Å²) >= 11 is 1.70. The molecule has 0 fully saturated rings. The number of rotatable bonds is 8. The standard InChI is InChI=1S/C21H21NO4S/c1-3-22(27-19-7-5-4-6-8-19)16-9-11-17(12-10-16)25-15-18-13-14-20(26-18)21(23)24-2/h4-14H,3,15H2,1-2H3. The average molecular weight is 383 g/mol. The van der Waals surface area contributed by atoms with Crippen molar-refractivity contribution in [2.24, 2.45) is 0 Å². The number of hydrogen-bond donors (Lipinski definition) is 0. The monoisotopic (exact) mass is 383 g/mol. The zero-order chi connectivity index (χ0) is 19.1. The molecule has 3 rings (SSSR count). The minimum absolute atomic E-state index is 0.169. The Bertz CT molecular complexity index is 861. The predicted molar refractivity (Wildman–Crippen MR) is 106 cm³/mol. The molecule has 140 valence electrons. The van der Waals surface area contributed by atoms with Gasteiger partial charge in [0, 0.05) is 17.1 Å². The van der Waals surface area contributed by atoms with Gasteiger partial charge in [0.1, 0.15) is 18.1 Å². The van der Waals surface area contributed by atoms with Crippen molar-refractivity contribution in [1.82, 2.24) is 0 Å². The summed E-state index contributed by atoms with van der Waals surface area (Å²) in [6.45, 7) is 3.24. The molecular formula is C21H21NO4S. The van der Waals surface area contributed by atoms with Crippen molar-refractivity contribution in [3.8, 4) is 5.75 Å². The van der Waals surface area contributed by atoms with Gasteiger partial charge < -0.3 is 18.2 Å². The molecular weight excluding hydrogens is 362 g/mol. The highest BCUT2D eigenvalue weighted by molar-refractivity contribution is 8.00. The first-order chi connectivity index (χ1) is 13.2. The number of benzene rings is 2. The Kier molecular flexibility index (Phi) is 6.44. The van der Waals surface area contributed by atoms with Gasteiger partial charge in [-0.2, -0.15) is 0 Å². The number of nitrogens with zero attached hydrogens (tertiary/aromatic N) is 1. The number of hydrogen-bond acceptors (Lipinski definition) is 6. The molecule has 1 heterocycles. The van der Waals surface area contributed by atoms with Gasteiger partial charge in [-0.25, -0.2) is 4.79 Å². The Hall–Kier alpha value is -2.86. The predicted octanol–water partition coefficient (Wildman–Crippen LogP) is 5.18. The number of anilines is 1. The lowest BCUT2D eigenvalue weighted by Gasteiger charge is -2.21. The normalized spacial score (nSPS) is 10.4. The van der Waals surface area contributed by atoms with Crippen LogP contribution in [0.2, 0.25) is 0 Å². The Morgan fingerprint density at radius 3 is 2.44 bits per heavy atom. The summed E-state index contributed by atoms with van der Waals surface area (Å²) in [6.07, 6.45) is 0. The molecule has 0 bridgehead atoms. The van der Waals surface area contributed by atoms with Crippen molar-refractivity contribution in [2.45, 2.75) is 18.4 Å². The maximum Gasteiger partial charge on any atom is 0.373 e. The molecule has 0 N–H and O–H groups in total. The van der Waals surface area contributed by atoms with Gasteiger partial charge in [-0.05, 0) is 67.4 Å². The second kappa shape index (κ2) is 9.19. The molecule has 0 unspecified atom stereocenters. The lowest BCUT2D eigenvalue weighted by atomic mass is 10.3. The number of methoxy groups -OCH3 is 1. The van der Waals surface area contributed by atoms with Crippen LogP contribution in [0.5, 0.6) is 5.75 Å². The van der Waals surface area contributed by atoms with Gasteiger partial charge in [-0.3, -0.25) is 0 Å². The molecule has 5 nitrogen and oxygen atoms in total. The van der Waals surface area contributed by atoms with Crippen molar-refractivity contribution in [3.63, 3.8) is 0 Å². The Morgan fingerprint density at radius 2 is 1.78 bits per heavy atom. The summed E-state index contributed by atoms with van der Waals surface area (Å²) in [5.41, 5.74) is 1.10. The molecule has 0 saturated heterocycles. The van der Waals surface area contributed by atoms with E-state index >= 15 is 0 Å². The van der Waals surface area contributed by atoms with Crippen LogP contribution in [0.25, 0.3) is 0 Å². The van der Waals surface area contributed by atoms with E-state index in [4.69, 9.17) is 9.15 Å². The number of carbonyl (C=O) groups excluding carboxylic acids is 1. The molecule has 0 saturated carbocycles. The molecule has 0 aliphatic carbocycles. The molecule has 6 heteroatoms. The van der Waals surface area contributed by atoms with Crippen molar-refractivity contribution in [1.29, 1.82) is 0 Å². The molecule has 27 heavy (non-hydrogen) atoms. The first-order valence-corrected chi connectivity index (χ1v) is 9.37. The van der Waals surface area contributed by atoms with Gasteiger partial charge in [0.2, 0.25) is 5.76 Å². The molecule has 0 aliphatic heterocycles. The van der Waals surface area contributed by atoms with E-state index in [1.54, 1.807) is 24.1 Å². The van der Waals surface area contributed by atoms with Crippen molar-refractivity contribution < 1.29 is 18.7 Å². The second-order valence-electron chi connectivity index (χ2n) is 5.64. The zero-order valence-corrected chi connectivity index (χ0v) is 16.1. The van der Waals surface area contributed by atoms with Gasteiger partial charge in [0.25, 0.3) is 0 Å². The Labute approximate surface area is 163 Å². The smallest absolute Gasteiger partial charge is 0.373 e. The fourth-order valence-electron chi connectivity index (χ4n) is 2.44. The molecule has 0 spiro atoms. The van der Waals surface area contributed by atoms with Crippen molar-refractivity contribution in [2.75, 3.05) is 18.0 Å². The van der Waals surface area contributed by atoms with E-state index in [1.165, 1.54) is 12.0 Å². The molecule has 0 aliphatic rings. The van der Waals surface area contributed by atoms with E-state index in [0.29, 0.717) is 5.76 Å². The van der Waals surface area contributed by atoms with E-state index in [-0.39, 0.29) is 12.4 Å². The molecule has 0 radical (unpaired) electrons. The van der Waals surface area contributed by atoms with E-state index in [1.807, 2.05) is 42.5 Å². The highest BCUT2D eigenvalue weighted by Crippen LogP contribution is 2.30. The topological polar surface area (TPSA) is 51.9 Å². The highest BCUT2D eigenvalue weighted by Gasteiger charge is 2.11. The fourth-order valence-corrected chi connectivity index (χ4v) is 3.33. The third-order valence-corrected chi connectivity index (χ3v) is 4.97. The van der Waals surface area contributed by atoms with E-state index in [2.05, 4.69) is 28.1 Å². The largest absolute Gasteiger partial charge is 0.486 e. The van der Waals surface area contributed by atoms with Gasteiger partial charge >= 0.3 is 5.97 Å². The van der Waals surface area contributed by atoms with Crippen molar-refractivity contribution >= 4 is 23.6 Å². The maximum absolute atomic E-state index is 11.4. The van der Waals surface area contributed by atoms with Crippen LogP contribution in [0.4, 0.5) is 5.69 Å². The Balaban J connectivity index is 1.59. The Morgan fingerprint density at radius 1 is 1.04 bits per heavy atom. The lowest BCUT2D eigenvalue weighted by molar-refractivity contribution is 0.0561. The van der Waals surface area contributed by atoms with Gasteiger partial charge in [-0.15, -0.1) is 0 Å². The van der Waals surface area contributed by atoms with Crippen LogP contribution in [-0.2, 0) is 11.3 Å². The number of esters is 1. The van der Waals surface area contributed by atoms with Crippen LogP contribution in [0.1, 0.15) is 23.2 Å². The number of carbonyl (C=O) groups is 1.